The highest BCUT2D eigenvalue weighted by Gasteiger charge is 2.27. The summed E-state index contributed by atoms with van der Waals surface area (Å²) in [7, 11) is 0. The molecular weight excluding hydrogens is 328 g/mol. The van der Waals surface area contributed by atoms with Gasteiger partial charge in [0.2, 0.25) is 5.91 Å². The van der Waals surface area contributed by atoms with Crippen LogP contribution in [0.25, 0.3) is 0 Å². The van der Waals surface area contributed by atoms with E-state index in [-0.39, 0.29) is 22.8 Å². The van der Waals surface area contributed by atoms with Crippen molar-refractivity contribution in [1.82, 2.24) is 9.80 Å². The Balaban J connectivity index is 1.91. The van der Waals surface area contributed by atoms with Gasteiger partial charge in [-0.2, -0.15) is 0 Å². The van der Waals surface area contributed by atoms with E-state index in [4.69, 9.17) is 4.74 Å². The Labute approximate surface area is 157 Å². The second kappa shape index (κ2) is 7.68. The van der Waals surface area contributed by atoms with E-state index in [1.54, 1.807) is 12.1 Å². The van der Waals surface area contributed by atoms with Gasteiger partial charge < -0.3 is 14.5 Å². The second-order valence-electron chi connectivity index (χ2n) is 9.15. The third kappa shape index (κ3) is 6.04. The number of hydrogen-bond acceptors (Lipinski definition) is 3. The van der Waals surface area contributed by atoms with Crippen LogP contribution in [0, 0.1) is 5.41 Å². The van der Waals surface area contributed by atoms with Gasteiger partial charge in [-0.15, -0.1) is 0 Å². The molecule has 26 heavy (non-hydrogen) atoms. The summed E-state index contributed by atoms with van der Waals surface area (Å²) in [4.78, 5) is 28.7. The van der Waals surface area contributed by atoms with Gasteiger partial charge in [0.05, 0.1) is 0 Å². The molecule has 144 valence electrons. The van der Waals surface area contributed by atoms with Crippen LogP contribution in [0.15, 0.2) is 24.3 Å². The Morgan fingerprint density at radius 3 is 1.85 bits per heavy atom. The molecule has 0 saturated carbocycles. The zero-order valence-electron chi connectivity index (χ0n) is 17.0. The van der Waals surface area contributed by atoms with Gasteiger partial charge in [-0.3, -0.25) is 9.59 Å². The largest absolute Gasteiger partial charge is 0.488 e. The van der Waals surface area contributed by atoms with Crippen LogP contribution in [0.4, 0.5) is 0 Å². The molecule has 1 aliphatic heterocycles. The van der Waals surface area contributed by atoms with E-state index < -0.39 is 0 Å². The zero-order chi connectivity index (χ0) is 19.5. The lowest BCUT2D eigenvalue weighted by Crippen LogP contribution is -2.51. The van der Waals surface area contributed by atoms with Gasteiger partial charge in [0.15, 0.2) is 0 Å². The van der Waals surface area contributed by atoms with E-state index in [2.05, 4.69) is 20.8 Å². The predicted molar refractivity (Wildman–Crippen MR) is 103 cm³/mol. The quantitative estimate of drug-likeness (QED) is 0.828. The molecule has 0 radical (unpaired) electrons. The molecule has 0 unspecified atom stereocenters. The zero-order valence-corrected chi connectivity index (χ0v) is 17.0. The maximum atomic E-state index is 12.7. The lowest BCUT2D eigenvalue weighted by Gasteiger charge is -2.36. The number of carbonyl (C=O) groups excluding carboxylic acids is 2. The highest BCUT2D eigenvalue weighted by atomic mass is 16.5. The van der Waals surface area contributed by atoms with Crippen LogP contribution < -0.4 is 4.74 Å². The normalized spacial score (nSPS) is 15.8. The molecule has 1 saturated heterocycles. The first kappa shape index (κ1) is 20.3. The van der Waals surface area contributed by atoms with Gasteiger partial charge in [-0.25, -0.2) is 0 Å². The van der Waals surface area contributed by atoms with Crippen molar-refractivity contribution in [2.24, 2.45) is 5.41 Å². The third-order valence-electron chi connectivity index (χ3n) is 4.13. The molecule has 1 aromatic carbocycles. The van der Waals surface area contributed by atoms with E-state index in [9.17, 15) is 9.59 Å². The topological polar surface area (TPSA) is 49.9 Å². The summed E-state index contributed by atoms with van der Waals surface area (Å²) in [6.07, 6.45) is 0.538. The molecule has 1 aliphatic rings. The van der Waals surface area contributed by atoms with Crippen molar-refractivity contribution in [3.8, 4) is 5.75 Å². The average molecular weight is 360 g/mol. The molecular formula is C21H32N2O3. The lowest BCUT2D eigenvalue weighted by molar-refractivity contribution is -0.134. The minimum Gasteiger partial charge on any atom is -0.488 e. The SMILES string of the molecule is CC(C)(C)CC(=O)N1CCN(C(=O)c2ccc(OC(C)(C)C)cc2)CC1. The smallest absolute Gasteiger partial charge is 0.253 e. The highest BCUT2D eigenvalue weighted by Crippen LogP contribution is 2.22. The van der Waals surface area contributed by atoms with Crippen LogP contribution in [-0.2, 0) is 4.79 Å². The lowest BCUT2D eigenvalue weighted by atomic mass is 9.91. The standard InChI is InChI=1S/C21H32N2O3/c1-20(2,3)15-18(24)22-11-13-23(14-12-22)19(25)16-7-9-17(10-8-16)26-21(4,5)6/h7-10H,11-15H2,1-6H3. The summed E-state index contributed by atoms with van der Waals surface area (Å²) in [6.45, 7) is 14.5. The Hall–Kier alpha value is -2.04. The number of benzene rings is 1. The summed E-state index contributed by atoms with van der Waals surface area (Å²) in [5, 5.41) is 0. The van der Waals surface area contributed by atoms with Gasteiger partial charge >= 0.3 is 0 Å². The fraction of sp³-hybridized carbons (Fsp3) is 0.619. The Morgan fingerprint density at radius 1 is 0.885 bits per heavy atom. The van der Waals surface area contributed by atoms with Crippen LogP contribution in [0.5, 0.6) is 5.75 Å². The van der Waals surface area contributed by atoms with Gasteiger partial charge in [-0.1, -0.05) is 20.8 Å². The molecule has 2 rings (SSSR count). The van der Waals surface area contributed by atoms with E-state index in [0.29, 0.717) is 38.2 Å². The van der Waals surface area contributed by atoms with Crippen molar-refractivity contribution in [3.05, 3.63) is 29.8 Å². The van der Waals surface area contributed by atoms with Gasteiger partial charge in [0.1, 0.15) is 11.4 Å². The van der Waals surface area contributed by atoms with Crippen molar-refractivity contribution in [1.29, 1.82) is 0 Å². The molecule has 0 N–H and O–H groups in total. The predicted octanol–water partition coefficient (Wildman–Crippen LogP) is 3.58. The van der Waals surface area contributed by atoms with E-state index in [1.165, 1.54) is 0 Å². The average Bonchev–Trinajstić information content (AvgIpc) is 2.52. The number of nitrogens with zero attached hydrogens (tertiary/aromatic N) is 2. The number of amides is 2. The maximum absolute atomic E-state index is 12.7. The Kier molecular flexibility index (Phi) is 5.99. The third-order valence-corrected chi connectivity index (χ3v) is 4.13. The monoisotopic (exact) mass is 360 g/mol. The first-order valence-electron chi connectivity index (χ1n) is 9.31. The van der Waals surface area contributed by atoms with E-state index >= 15 is 0 Å². The van der Waals surface area contributed by atoms with Crippen molar-refractivity contribution < 1.29 is 14.3 Å². The molecule has 5 heteroatoms. The number of piperazine rings is 1. The van der Waals surface area contributed by atoms with E-state index in [0.717, 1.165) is 5.75 Å². The van der Waals surface area contributed by atoms with Crippen molar-refractivity contribution >= 4 is 11.8 Å². The Bertz CT molecular complexity index is 631. The van der Waals surface area contributed by atoms with Gasteiger partial charge in [-0.05, 0) is 50.5 Å². The molecule has 1 heterocycles. The van der Waals surface area contributed by atoms with Crippen LogP contribution in [0.1, 0.15) is 58.3 Å². The number of hydrogen-bond donors (Lipinski definition) is 0. The fourth-order valence-electron chi connectivity index (χ4n) is 2.93. The minimum atomic E-state index is -0.262. The van der Waals surface area contributed by atoms with Crippen LogP contribution >= 0.6 is 0 Å². The molecule has 0 aromatic heterocycles. The van der Waals surface area contributed by atoms with Crippen molar-refractivity contribution in [2.45, 2.75) is 53.6 Å². The van der Waals surface area contributed by atoms with Crippen LogP contribution in [0.2, 0.25) is 0 Å². The summed E-state index contributed by atoms with van der Waals surface area (Å²) in [5.41, 5.74) is 0.378. The van der Waals surface area contributed by atoms with Crippen molar-refractivity contribution in [3.63, 3.8) is 0 Å². The molecule has 1 aromatic rings. The van der Waals surface area contributed by atoms with Crippen LogP contribution in [0.3, 0.4) is 0 Å². The van der Waals surface area contributed by atoms with Crippen LogP contribution in [-0.4, -0.2) is 53.4 Å². The summed E-state index contributed by atoms with van der Waals surface area (Å²) in [6, 6.07) is 7.28. The Morgan fingerprint density at radius 2 is 1.38 bits per heavy atom. The van der Waals surface area contributed by atoms with Crippen molar-refractivity contribution in [2.75, 3.05) is 26.2 Å². The molecule has 5 nitrogen and oxygen atoms in total. The summed E-state index contributed by atoms with van der Waals surface area (Å²) in [5.74, 6) is 0.940. The summed E-state index contributed by atoms with van der Waals surface area (Å²) < 4.78 is 5.79. The van der Waals surface area contributed by atoms with E-state index in [1.807, 2.05) is 42.7 Å². The molecule has 0 bridgehead atoms. The number of ether oxygens (including phenoxy) is 1. The highest BCUT2D eigenvalue weighted by molar-refractivity contribution is 5.94. The number of rotatable bonds is 3. The second-order valence-corrected chi connectivity index (χ2v) is 9.15. The minimum absolute atomic E-state index is 0.00947. The maximum Gasteiger partial charge on any atom is 0.253 e. The fourth-order valence-corrected chi connectivity index (χ4v) is 2.93. The summed E-state index contributed by atoms with van der Waals surface area (Å²) >= 11 is 0. The first-order chi connectivity index (χ1) is 11.9. The molecule has 0 atom stereocenters. The van der Waals surface area contributed by atoms with Gasteiger partial charge in [0.25, 0.3) is 5.91 Å². The molecule has 2 amide bonds. The molecule has 0 spiro atoms. The number of carbonyl (C=O) groups is 2. The van der Waals surface area contributed by atoms with Gasteiger partial charge in [0, 0.05) is 38.2 Å². The molecule has 1 fully saturated rings. The molecule has 0 aliphatic carbocycles. The first-order valence-corrected chi connectivity index (χ1v) is 9.31.